The summed E-state index contributed by atoms with van der Waals surface area (Å²) in [5, 5.41) is 10.8. The molecule has 1 N–H and O–H groups in total. The van der Waals surface area contributed by atoms with Crippen LogP contribution in [0.1, 0.15) is 18.2 Å². The zero-order valence-electron chi connectivity index (χ0n) is 11.3. The van der Waals surface area contributed by atoms with Gasteiger partial charge >= 0.3 is 0 Å². The molecule has 0 saturated heterocycles. The molecule has 1 atom stereocenters. The molecule has 0 saturated carbocycles. The van der Waals surface area contributed by atoms with E-state index in [0.717, 1.165) is 0 Å². The van der Waals surface area contributed by atoms with Crippen molar-refractivity contribution >= 4 is 0 Å². The van der Waals surface area contributed by atoms with E-state index in [9.17, 15) is 5.11 Å². The second-order valence-electron chi connectivity index (χ2n) is 4.36. The Balaban J connectivity index is 2.51. The van der Waals surface area contributed by atoms with Crippen LogP contribution < -0.4 is 9.47 Å². The second-order valence-corrected chi connectivity index (χ2v) is 4.36. The van der Waals surface area contributed by atoms with Gasteiger partial charge in [-0.1, -0.05) is 12.1 Å². The van der Waals surface area contributed by atoms with Crippen molar-refractivity contribution in [2.24, 2.45) is 0 Å². The van der Waals surface area contributed by atoms with Crippen molar-refractivity contribution in [2.75, 3.05) is 14.2 Å². The fourth-order valence-corrected chi connectivity index (χ4v) is 1.98. The van der Waals surface area contributed by atoms with Crippen molar-refractivity contribution in [3.8, 4) is 11.5 Å². The number of hydrogen-bond acceptors (Lipinski definition) is 4. The third kappa shape index (κ3) is 2.53. The summed E-state index contributed by atoms with van der Waals surface area (Å²) < 4.78 is 10.4. The number of pyridine rings is 1. The first-order valence-electron chi connectivity index (χ1n) is 5.96. The smallest absolute Gasteiger partial charge is 0.143 e. The number of nitrogens with zero attached hydrogens (tertiary/aromatic N) is 1. The van der Waals surface area contributed by atoms with Gasteiger partial charge in [0.1, 0.15) is 22.8 Å². The number of hydrogen-bond donors (Lipinski definition) is 1. The van der Waals surface area contributed by atoms with E-state index >= 15 is 0 Å². The van der Waals surface area contributed by atoms with Gasteiger partial charge < -0.3 is 14.6 Å². The molecule has 1 unspecified atom stereocenters. The van der Waals surface area contributed by atoms with Crippen LogP contribution in [-0.2, 0) is 5.60 Å². The van der Waals surface area contributed by atoms with Crippen molar-refractivity contribution in [3.63, 3.8) is 0 Å². The third-order valence-electron chi connectivity index (χ3n) is 3.08. The Morgan fingerprint density at radius 1 is 1.11 bits per heavy atom. The first-order chi connectivity index (χ1) is 9.09. The Kier molecular flexibility index (Phi) is 3.71. The predicted octanol–water partition coefficient (Wildman–Crippen LogP) is 2.35. The van der Waals surface area contributed by atoms with Crippen LogP contribution in [0.4, 0.5) is 0 Å². The van der Waals surface area contributed by atoms with Crippen LogP contribution in [0.2, 0.25) is 0 Å². The Morgan fingerprint density at radius 3 is 2.58 bits per heavy atom. The molecule has 0 aliphatic carbocycles. The highest BCUT2D eigenvalue weighted by Crippen LogP contribution is 2.34. The number of aromatic nitrogens is 1. The number of methoxy groups -OCH3 is 2. The highest BCUT2D eigenvalue weighted by molar-refractivity contribution is 5.42. The average molecular weight is 259 g/mol. The normalized spacial score (nSPS) is 13.7. The molecule has 100 valence electrons. The minimum Gasteiger partial charge on any atom is -0.497 e. The van der Waals surface area contributed by atoms with Gasteiger partial charge in [-0.2, -0.15) is 0 Å². The van der Waals surface area contributed by atoms with Gasteiger partial charge in [-0.15, -0.1) is 0 Å². The zero-order chi connectivity index (χ0) is 13.9. The van der Waals surface area contributed by atoms with Gasteiger partial charge in [-0.25, -0.2) is 0 Å². The molecule has 4 heteroatoms. The lowest BCUT2D eigenvalue weighted by Gasteiger charge is -2.25. The Morgan fingerprint density at radius 2 is 1.89 bits per heavy atom. The predicted molar refractivity (Wildman–Crippen MR) is 72.5 cm³/mol. The summed E-state index contributed by atoms with van der Waals surface area (Å²) in [4.78, 5) is 4.24. The van der Waals surface area contributed by atoms with Gasteiger partial charge in [-0.05, 0) is 36.8 Å². The van der Waals surface area contributed by atoms with E-state index in [1.165, 1.54) is 0 Å². The van der Waals surface area contributed by atoms with Gasteiger partial charge in [-0.3, -0.25) is 4.98 Å². The molecule has 0 radical (unpaired) electrons. The van der Waals surface area contributed by atoms with Crippen molar-refractivity contribution < 1.29 is 14.6 Å². The summed E-state index contributed by atoms with van der Waals surface area (Å²) in [6.07, 6.45) is 1.63. The van der Waals surface area contributed by atoms with Gasteiger partial charge in [0.15, 0.2) is 0 Å². The molecule has 1 heterocycles. The Labute approximate surface area is 112 Å². The number of rotatable bonds is 4. The van der Waals surface area contributed by atoms with E-state index in [0.29, 0.717) is 22.8 Å². The van der Waals surface area contributed by atoms with Crippen LogP contribution in [0.15, 0.2) is 42.6 Å². The third-order valence-corrected chi connectivity index (χ3v) is 3.08. The van der Waals surface area contributed by atoms with E-state index in [1.54, 1.807) is 45.5 Å². The van der Waals surface area contributed by atoms with Crippen molar-refractivity contribution in [1.82, 2.24) is 4.98 Å². The van der Waals surface area contributed by atoms with Crippen LogP contribution in [0.5, 0.6) is 11.5 Å². The van der Waals surface area contributed by atoms with Crippen LogP contribution in [0.3, 0.4) is 0 Å². The average Bonchev–Trinajstić information content (AvgIpc) is 2.47. The summed E-state index contributed by atoms with van der Waals surface area (Å²) in [5.41, 5.74) is -0.0733. The minimum atomic E-state index is -1.25. The largest absolute Gasteiger partial charge is 0.497 e. The molecule has 0 spiro atoms. The first-order valence-corrected chi connectivity index (χ1v) is 5.96. The molecule has 0 aliphatic rings. The molecule has 1 aromatic carbocycles. The maximum absolute atomic E-state index is 10.8. The molecule has 0 bridgehead atoms. The zero-order valence-corrected chi connectivity index (χ0v) is 11.3. The van der Waals surface area contributed by atoms with Gasteiger partial charge in [0, 0.05) is 6.20 Å². The maximum atomic E-state index is 10.8. The summed E-state index contributed by atoms with van der Waals surface area (Å²) in [7, 11) is 3.15. The highest BCUT2D eigenvalue weighted by atomic mass is 16.5. The Bertz CT molecular complexity index is 567. The highest BCUT2D eigenvalue weighted by Gasteiger charge is 2.30. The molecule has 1 aromatic heterocycles. The molecule has 19 heavy (non-hydrogen) atoms. The van der Waals surface area contributed by atoms with Gasteiger partial charge in [0.2, 0.25) is 0 Å². The molecule has 0 aliphatic heterocycles. The van der Waals surface area contributed by atoms with Gasteiger partial charge in [0.05, 0.1) is 14.2 Å². The van der Waals surface area contributed by atoms with E-state index in [-0.39, 0.29) is 0 Å². The molecule has 2 aromatic rings. The van der Waals surface area contributed by atoms with Crippen LogP contribution in [0, 0.1) is 0 Å². The fraction of sp³-hybridized carbons (Fsp3) is 0.267. The monoisotopic (exact) mass is 259 g/mol. The van der Waals surface area contributed by atoms with E-state index in [2.05, 4.69) is 4.98 Å². The van der Waals surface area contributed by atoms with Crippen LogP contribution in [-0.4, -0.2) is 24.3 Å². The molecular formula is C15H17NO3. The van der Waals surface area contributed by atoms with Crippen molar-refractivity contribution in [3.05, 3.63) is 53.9 Å². The first kappa shape index (κ1) is 13.4. The van der Waals surface area contributed by atoms with Gasteiger partial charge in [0.25, 0.3) is 0 Å². The second kappa shape index (κ2) is 5.28. The fourth-order valence-electron chi connectivity index (χ4n) is 1.98. The molecular weight excluding hydrogens is 242 g/mol. The molecule has 0 fully saturated rings. The Hall–Kier alpha value is -2.07. The van der Waals surface area contributed by atoms with Crippen molar-refractivity contribution in [1.29, 1.82) is 0 Å². The number of benzene rings is 1. The lowest BCUT2D eigenvalue weighted by Crippen LogP contribution is -2.25. The standard InChI is InChI=1S/C15H17NO3/c1-15(17,11-6-4-7-12(10-11)18-2)14-13(19-3)8-5-9-16-14/h4-10,17H,1-3H3. The van der Waals surface area contributed by atoms with E-state index in [4.69, 9.17) is 9.47 Å². The lowest BCUT2D eigenvalue weighted by molar-refractivity contribution is 0.0936. The van der Waals surface area contributed by atoms with E-state index < -0.39 is 5.60 Å². The van der Waals surface area contributed by atoms with Crippen LogP contribution in [0.25, 0.3) is 0 Å². The summed E-state index contributed by atoms with van der Waals surface area (Å²) in [6, 6.07) is 10.8. The lowest BCUT2D eigenvalue weighted by atomic mass is 9.91. The summed E-state index contributed by atoms with van der Waals surface area (Å²) >= 11 is 0. The number of ether oxygens (including phenoxy) is 2. The molecule has 0 amide bonds. The van der Waals surface area contributed by atoms with Crippen molar-refractivity contribution in [2.45, 2.75) is 12.5 Å². The maximum Gasteiger partial charge on any atom is 0.143 e. The number of aliphatic hydroxyl groups is 1. The summed E-state index contributed by atoms with van der Waals surface area (Å²) in [6.45, 7) is 1.69. The summed E-state index contributed by atoms with van der Waals surface area (Å²) in [5.74, 6) is 1.24. The quantitative estimate of drug-likeness (QED) is 0.915. The topological polar surface area (TPSA) is 51.6 Å². The molecule has 2 rings (SSSR count). The molecule has 4 nitrogen and oxygen atoms in total. The SMILES string of the molecule is COc1cccc(C(C)(O)c2ncccc2OC)c1. The van der Waals surface area contributed by atoms with Crippen LogP contribution >= 0.6 is 0 Å². The minimum absolute atomic E-state index is 0.478. The van der Waals surface area contributed by atoms with E-state index in [1.807, 2.05) is 18.2 Å².